The normalized spacial score (nSPS) is 21.9. The van der Waals surface area contributed by atoms with Crippen LogP contribution >= 0.6 is 0 Å². The first-order chi connectivity index (χ1) is 10.1. The maximum absolute atomic E-state index is 12.2. The predicted molar refractivity (Wildman–Crippen MR) is 75.4 cm³/mol. The maximum atomic E-state index is 12.2. The largest absolute Gasteiger partial charge is 0.481 e. The van der Waals surface area contributed by atoms with Crippen LogP contribution in [0.25, 0.3) is 0 Å². The van der Waals surface area contributed by atoms with E-state index in [-0.39, 0.29) is 19.1 Å². The van der Waals surface area contributed by atoms with Gasteiger partial charge in [-0.2, -0.15) is 10.2 Å². The minimum Gasteiger partial charge on any atom is -0.481 e. The predicted octanol–water partition coefficient (Wildman–Crippen LogP) is 1.26. The molecule has 1 aliphatic heterocycles. The lowest BCUT2D eigenvalue weighted by atomic mass is 9.78. The number of carbonyl (C=O) groups excluding carboxylic acids is 1. The molecule has 2 N–H and O–H groups in total. The second-order valence-electron chi connectivity index (χ2n) is 5.34. The van der Waals surface area contributed by atoms with Crippen molar-refractivity contribution in [1.29, 1.82) is 0 Å². The van der Waals surface area contributed by atoms with E-state index >= 15 is 0 Å². The Bertz CT molecular complexity index is 508. The number of likely N-dealkylation sites (tertiary alicyclic amines) is 1. The zero-order valence-corrected chi connectivity index (χ0v) is 12.1. The summed E-state index contributed by atoms with van der Waals surface area (Å²) in [5.41, 5.74) is -0.148. The van der Waals surface area contributed by atoms with Crippen LogP contribution in [0.1, 0.15) is 31.9 Å². The summed E-state index contributed by atoms with van der Waals surface area (Å²) in [5, 5.41) is 19.8. The number of amides is 2. The third-order valence-corrected chi connectivity index (χ3v) is 4.04. The van der Waals surface area contributed by atoms with Gasteiger partial charge in [0.15, 0.2) is 0 Å². The molecule has 0 aromatic carbocycles. The summed E-state index contributed by atoms with van der Waals surface area (Å²) in [6, 6.07) is 3.28. The Hall–Kier alpha value is -2.18. The minimum absolute atomic E-state index is 0.251. The van der Waals surface area contributed by atoms with Gasteiger partial charge >= 0.3 is 12.0 Å². The number of urea groups is 1. The Morgan fingerprint density at radius 1 is 1.52 bits per heavy atom. The van der Waals surface area contributed by atoms with Crippen LogP contribution in [0.5, 0.6) is 0 Å². The van der Waals surface area contributed by atoms with Gasteiger partial charge in [-0.3, -0.25) is 4.79 Å². The number of nitrogens with one attached hydrogen (secondary N) is 1. The average molecular weight is 292 g/mol. The van der Waals surface area contributed by atoms with E-state index < -0.39 is 11.4 Å². The lowest BCUT2D eigenvalue weighted by Crippen LogP contribution is -2.52. The maximum Gasteiger partial charge on any atom is 0.317 e. The summed E-state index contributed by atoms with van der Waals surface area (Å²) in [6.45, 7) is 2.98. The van der Waals surface area contributed by atoms with Crippen LogP contribution in [0.15, 0.2) is 18.3 Å². The molecule has 2 amide bonds. The Balaban J connectivity index is 1.94. The quantitative estimate of drug-likeness (QED) is 0.871. The van der Waals surface area contributed by atoms with Gasteiger partial charge < -0.3 is 15.3 Å². The summed E-state index contributed by atoms with van der Waals surface area (Å²) in [7, 11) is 0. The highest BCUT2D eigenvalue weighted by molar-refractivity contribution is 5.78. The topological polar surface area (TPSA) is 95.4 Å². The van der Waals surface area contributed by atoms with E-state index in [1.165, 1.54) is 0 Å². The summed E-state index contributed by atoms with van der Waals surface area (Å²) in [4.78, 5) is 25.2. The van der Waals surface area contributed by atoms with Crippen LogP contribution < -0.4 is 5.32 Å². The smallest absolute Gasteiger partial charge is 0.317 e. The lowest BCUT2D eigenvalue weighted by molar-refractivity contribution is -0.152. The Kier molecular flexibility index (Phi) is 4.72. The fourth-order valence-corrected chi connectivity index (χ4v) is 2.63. The number of rotatable bonds is 4. The van der Waals surface area contributed by atoms with E-state index in [9.17, 15) is 14.7 Å². The Labute approximate surface area is 123 Å². The number of carboxylic acids is 1. The van der Waals surface area contributed by atoms with Gasteiger partial charge in [-0.1, -0.05) is 6.92 Å². The molecule has 1 aliphatic rings. The van der Waals surface area contributed by atoms with Crippen molar-refractivity contribution in [1.82, 2.24) is 20.4 Å². The van der Waals surface area contributed by atoms with Gasteiger partial charge in [0, 0.05) is 19.3 Å². The zero-order valence-electron chi connectivity index (χ0n) is 12.1. The molecule has 2 heterocycles. The first kappa shape index (κ1) is 15.2. The molecule has 0 aliphatic carbocycles. The second-order valence-corrected chi connectivity index (χ2v) is 5.34. The molecule has 1 saturated heterocycles. The third kappa shape index (κ3) is 3.48. The molecule has 2 rings (SSSR count). The molecule has 1 aromatic rings. The van der Waals surface area contributed by atoms with Crippen LogP contribution in [-0.4, -0.2) is 45.3 Å². The van der Waals surface area contributed by atoms with Gasteiger partial charge in [-0.05, 0) is 31.4 Å². The number of carbonyl (C=O) groups is 2. The molecule has 21 heavy (non-hydrogen) atoms. The van der Waals surface area contributed by atoms with Crippen molar-refractivity contribution in [3.05, 3.63) is 24.0 Å². The van der Waals surface area contributed by atoms with E-state index in [2.05, 4.69) is 15.5 Å². The fourth-order valence-electron chi connectivity index (χ4n) is 2.63. The van der Waals surface area contributed by atoms with Crippen molar-refractivity contribution in [2.24, 2.45) is 5.41 Å². The number of hydrogen-bond donors (Lipinski definition) is 2. The van der Waals surface area contributed by atoms with E-state index in [1.807, 2.05) is 6.92 Å². The minimum atomic E-state index is -0.823. The lowest BCUT2D eigenvalue weighted by Gasteiger charge is -2.39. The SMILES string of the molecule is CCC1(C(=O)O)CCCN(C(=O)NCc2cccnn2)C1. The summed E-state index contributed by atoms with van der Waals surface area (Å²) < 4.78 is 0. The van der Waals surface area contributed by atoms with Gasteiger partial charge in [0.2, 0.25) is 0 Å². The van der Waals surface area contributed by atoms with Crippen LogP contribution in [0.4, 0.5) is 4.79 Å². The summed E-state index contributed by atoms with van der Waals surface area (Å²) in [5.74, 6) is -0.823. The monoisotopic (exact) mass is 292 g/mol. The van der Waals surface area contributed by atoms with Crippen molar-refractivity contribution >= 4 is 12.0 Å². The summed E-state index contributed by atoms with van der Waals surface area (Å²) >= 11 is 0. The van der Waals surface area contributed by atoms with Crippen molar-refractivity contribution < 1.29 is 14.7 Å². The molecule has 1 atom stereocenters. The van der Waals surface area contributed by atoms with Crippen molar-refractivity contribution in [3.63, 3.8) is 0 Å². The highest BCUT2D eigenvalue weighted by Crippen LogP contribution is 2.33. The standard InChI is InChI=1S/C14H20N4O3/c1-2-14(12(19)20)6-4-8-18(10-14)13(21)15-9-11-5-3-7-16-17-11/h3,5,7H,2,4,6,8-10H2,1H3,(H,15,21)(H,19,20). The molecule has 114 valence electrons. The molecule has 0 saturated carbocycles. The molecule has 0 radical (unpaired) electrons. The fraction of sp³-hybridized carbons (Fsp3) is 0.571. The molecule has 7 heteroatoms. The van der Waals surface area contributed by atoms with E-state index in [4.69, 9.17) is 0 Å². The summed E-state index contributed by atoms with van der Waals surface area (Å²) in [6.07, 6.45) is 3.42. The Morgan fingerprint density at radius 3 is 2.95 bits per heavy atom. The first-order valence-electron chi connectivity index (χ1n) is 7.10. The number of nitrogens with zero attached hydrogens (tertiary/aromatic N) is 3. The number of hydrogen-bond acceptors (Lipinski definition) is 4. The molecule has 0 spiro atoms. The number of carboxylic acid groups (broad SMARTS) is 1. The van der Waals surface area contributed by atoms with Gasteiger partial charge in [0.1, 0.15) is 0 Å². The molecular formula is C14H20N4O3. The van der Waals surface area contributed by atoms with Crippen LogP contribution in [0.3, 0.4) is 0 Å². The highest BCUT2D eigenvalue weighted by Gasteiger charge is 2.42. The Morgan fingerprint density at radius 2 is 2.33 bits per heavy atom. The van der Waals surface area contributed by atoms with E-state index in [0.717, 1.165) is 0 Å². The van der Waals surface area contributed by atoms with E-state index in [1.54, 1.807) is 23.2 Å². The van der Waals surface area contributed by atoms with Crippen LogP contribution in [0.2, 0.25) is 0 Å². The molecule has 7 nitrogen and oxygen atoms in total. The number of aliphatic carboxylic acids is 1. The van der Waals surface area contributed by atoms with Crippen molar-refractivity contribution in [2.45, 2.75) is 32.7 Å². The van der Waals surface area contributed by atoms with Gasteiger partial charge in [-0.25, -0.2) is 4.79 Å². The van der Waals surface area contributed by atoms with Crippen molar-refractivity contribution in [2.75, 3.05) is 13.1 Å². The number of piperidine rings is 1. The third-order valence-electron chi connectivity index (χ3n) is 4.04. The van der Waals surface area contributed by atoms with Crippen LogP contribution in [0, 0.1) is 5.41 Å². The molecule has 1 aromatic heterocycles. The van der Waals surface area contributed by atoms with Gasteiger partial charge in [-0.15, -0.1) is 0 Å². The van der Waals surface area contributed by atoms with Gasteiger partial charge in [0.25, 0.3) is 0 Å². The van der Waals surface area contributed by atoms with Gasteiger partial charge in [0.05, 0.1) is 17.7 Å². The average Bonchev–Trinajstić information content (AvgIpc) is 2.53. The number of aromatic nitrogens is 2. The van der Waals surface area contributed by atoms with E-state index in [0.29, 0.717) is 31.5 Å². The molecule has 1 unspecified atom stereocenters. The zero-order chi connectivity index (χ0) is 15.3. The highest BCUT2D eigenvalue weighted by atomic mass is 16.4. The molecular weight excluding hydrogens is 272 g/mol. The second kappa shape index (κ2) is 6.51. The van der Waals surface area contributed by atoms with Crippen molar-refractivity contribution in [3.8, 4) is 0 Å². The first-order valence-corrected chi connectivity index (χ1v) is 7.10. The molecule has 1 fully saturated rings. The van der Waals surface area contributed by atoms with Crippen LogP contribution in [-0.2, 0) is 11.3 Å². The molecule has 0 bridgehead atoms.